The Hall–Kier alpha value is -1.14. The maximum Gasteiger partial charge on any atom is 0.213 e. The standard InChI is InChI=1S/C13H21N3O2S/c1-3-19(17,18)15(2)12-7-10-16(11-8-12)13-6-4-5-9-14-13/h4-6,9,12H,3,7-8,10-11H2,1-2H3. The molecule has 106 valence electrons. The summed E-state index contributed by atoms with van der Waals surface area (Å²) in [5, 5.41) is 0. The van der Waals surface area contributed by atoms with Gasteiger partial charge < -0.3 is 4.90 Å². The fraction of sp³-hybridized carbons (Fsp3) is 0.615. The highest BCUT2D eigenvalue weighted by Crippen LogP contribution is 2.21. The molecule has 0 bridgehead atoms. The highest BCUT2D eigenvalue weighted by Gasteiger charge is 2.28. The maximum atomic E-state index is 11.9. The molecule has 1 aliphatic rings. The van der Waals surface area contributed by atoms with Crippen LogP contribution in [0.1, 0.15) is 19.8 Å². The number of hydrogen-bond acceptors (Lipinski definition) is 4. The molecule has 0 aliphatic carbocycles. The second-order valence-corrected chi connectivity index (χ2v) is 7.14. The van der Waals surface area contributed by atoms with Gasteiger partial charge in [-0.2, -0.15) is 0 Å². The summed E-state index contributed by atoms with van der Waals surface area (Å²) in [6, 6.07) is 5.98. The molecule has 1 aromatic rings. The van der Waals surface area contributed by atoms with Gasteiger partial charge in [-0.1, -0.05) is 6.07 Å². The van der Waals surface area contributed by atoms with Crippen LogP contribution < -0.4 is 4.90 Å². The van der Waals surface area contributed by atoms with Gasteiger partial charge in [0, 0.05) is 32.4 Å². The molecule has 0 aromatic carbocycles. The number of hydrogen-bond donors (Lipinski definition) is 0. The third-order valence-corrected chi connectivity index (χ3v) is 5.66. The number of sulfonamides is 1. The van der Waals surface area contributed by atoms with Crippen LogP contribution in [0, 0.1) is 0 Å². The van der Waals surface area contributed by atoms with Crippen LogP contribution in [0.2, 0.25) is 0 Å². The molecule has 0 unspecified atom stereocenters. The molecule has 1 aromatic heterocycles. The molecule has 0 saturated carbocycles. The summed E-state index contributed by atoms with van der Waals surface area (Å²) in [6.07, 6.45) is 3.49. The minimum absolute atomic E-state index is 0.116. The first-order valence-corrected chi connectivity index (χ1v) is 8.27. The molecule has 2 rings (SSSR count). The summed E-state index contributed by atoms with van der Waals surface area (Å²) in [7, 11) is -1.39. The van der Waals surface area contributed by atoms with E-state index in [1.165, 1.54) is 0 Å². The van der Waals surface area contributed by atoms with Gasteiger partial charge in [0.05, 0.1) is 5.75 Å². The van der Waals surface area contributed by atoms with E-state index in [-0.39, 0.29) is 11.8 Å². The van der Waals surface area contributed by atoms with Gasteiger partial charge in [0.25, 0.3) is 0 Å². The lowest BCUT2D eigenvalue weighted by molar-refractivity contribution is 0.312. The zero-order valence-corrected chi connectivity index (χ0v) is 12.3. The van der Waals surface area contributed by atoms with E-state index in [0.717, 1.165) is 31.7 Å². The van der Waals surface area contributed by atoms with Gasteiger partial charge in [0.15, 0.2) is 0 Å². The third kappa shape index (κ3) is 3.25. The molecule has 0 radical (unpaired) electrons. The van der Waals surface area contributed by atoms with Gasteiger partial charge in [-0.05, 0) is 31.9 Å². The highest BCUT2D eigenvalue weighted by molar-refractivity contribution is 7.89. The van der Waals surface area contributed by atoms with Crippen molar-refractivity contribution in [3.8, 4) is 0 Å². The largest absolute Gasteiger partial charge is 0.357 e. The first kappa shape index (κ1) is 14.3. The first-order chi connectivity index (χ1) is 9.04. The van der Waals surface area contributed by atoms with Gasteiger partial charge in [0.2, 0.25) is 10.0 Å². The van der Waals surface area contributed by atoms with E-state index < -0.39 is 10.0 Å². The van der Waals surface area contributed by atoms with Crippen LogP contribution in [-0.4, -0.2) is 49.6 Å². The van der Waals surface area contributed by atoms with E-state index in [2.05, 4.69) is 9.88 Å². The topological polar surface area (TPSA) is 53.5 Å². The fourth-order valence-electron chi connectivity index (χ4n) is 2.43. The Morgan fingerprint density at radius 3 is 2.58 bits per heavy atom. The lowest BCUT2D eigenvalue weighted by Crippen LogP contribution is -2.46. The maximum absolute atomic E-state index is 11.9. The number of anilines is 1. The summed E-state index contributed by atoms with van der Waals surface area (Å²) >= 11 is 0. The Balaban J connectivity index is 1.96. The van der Waals surface area contributed by atoms with Crippen molar-refractivity contribution in [3.63, 3.8) is 0 Å². The van der Waals surface area contributed by atoms with Crippen molar-refractivity contribution in [3.05, 3.63) is 24.4 Å². The van der Waals surface area contributed by atoms with Crippen molar-refractivity contribution in [2.24, 2.45) is 0 Å². The van der Waals surface area contributed by atoms with E-state index in [0.29, 0.717) is 0 Å². The normalized spacial score (nSPS) is 17.9. The monoisotopic (exact) mass is 283 g/mol. The second-order valence-electron chi connectivity index (χ2n) is 4.82. The van der Waals surface area contributed by atoms with Gasteiger partial charge in [-0.15, -0.1) is 0 Å². The molecule has 1 aliphatic heterocycles. The fourth-order valence-corrected chi connectivity index (χ4v) is 3.50. The van der Waals surface area contributed by atoms with Gasteiger partial charge in [-0.3, -0.25) is 0 Å². The van der Waals surface area contributed by atoms with Gasteiger partial charge in [0.1, 0.15) is 5.82 Å². The van der Waals surface area contributed by atoms with Crippen LogP contribution in [0.4, 0.5) is 5.82 Å². The summed E-state index contributed by atoms with van der Waals surface area (Å²) in [4.78, 5) is 6.54. The summed E-state index contributed by atoms with van der Waals surface area (Å²) in [5.74, 6) is 1.14. The van der Waals surface area contributed by atoms with Crippen molar-refractivity contribution >= 4 is 15.8 Å². The van der Waals surface area contributed by atoms with E-state index in [4.69, 9.17) is 0 Å². The van der Waals surface area contributed by atoms with Crippen LogP contribution in [0.3, 0.4) is 0 Å². The van der Waals surface area contributed by atoms with Crippen molar-refractivity contribution in [1.82, 2.24) is 9.29 Å². The Kier molecular flexibility index (Phi) is 4.42. The van der Waals surface area contributed by atoms with Crippen molar-refractivity contribution in [2.75, 3.05) is 30.8 Å². The van der Waals surface area contributed by atoms with Crippen LogP contribution >= 0.6 is 0 Å². The molecule has 19 heavy (non-hydrogen) atoms. The average molecular weight is 283 g/mol. The Morgan fingerprint density at radius 2 is 2.05 bits per heavy atom. The number of rotatable bonds is 4. The minimum Gasteiger partial charge on any atom is -0.357 e. The zero-order chi connectivity index (χ0) is 13.9. The SMILES string of the molecule is CCS(=O)(=O)N(C)C1CCN(c2ccccn2)CC1. The van der Waals surface area contributed by atoms with Crippen molar-refractivity contribution < 1.29 is 8.42 Å². The molecular formula is C13H21N3O2S. The van der Waals surface area contributed by atoms with Crippen molar-refractivity contribution in [1.29, 1.82) is 0 Å². The number of nitrogens with zero attached hydrogens (tertiary/aromatic N) is 3. The van der Waals surface area contributed by atoms with E-state index in [1.54, 1.807) is 24.5 Å². The summed E-state index contributed by atoms with van der Waals surface area (Å²) < 4.78 is 25.2. The highest BCUT2D eigenvalue weighted by atomic mass is 32.2. The predicted molar refractivity (Wildman–Crippen MR) is 76.7 cm³/mol. The van der Waals surface area contributed by atoms with E-state index in [1.807, 2.05) is 18.2 Å². The van der Waals surface area contributed by atoms with Crippen LogP contribution in [-0.2, 0) is 10.0 Å². The molecule has 1 saturated heterocycles. The number of aromatic nitrogens is 1. The molecule has 6 heteroatoms. The number of pyridine rings is 1. The molecule has 0 amide bonds. The lowest BCUT2D eigenvalue weighted by Gasteiger charge is -2.36. The van der Waals surface area contributed by atoms with Gasteiger partial charge >= 0.3 is 0 Å². The summed E-state index contributed by atoms with van der Waals surface area (Å²) in [6.45, 7) is 3.39. The van der Waals surface area contributed by atoms with Crippen LogP contribution in [0.5, 0.6) is 0 Å². The molecule has 0 atom stereocenters. The molecule has 2 heterocycles. The zero-order valence-electron chi connectivity index (χ0n) is 11.5. The average Bonchev–Trinajstić information content (AvgIpc) is 2.47. The van der Waals surface area contributed by atoms with Crippen molar-refractivity contribution in [2.45, 2.75) is 25.8 Å². The molecule has 1 fully saturated rings. The smallest absolute Gasteiger partial charge is 0.213 e. The van der Waals surface area contributed by atoms with Gasteiger partial charge in [-0.25, -0.2) is 17.7 Å². The Morgan fingerprint density at radius 1 is 1.37 bits per heavy atom. The molecule has 0 spiro atoms. The number of piperidine rings is 1. The lowest BCUT2D eigenvalue weighted by atomic mass is 10.1. The quantitative estimate of drug-likeness (QED) is 0.836. The van der Waals surface area contributed by atoms with E-state index in [9.17, 15) is 8.42 Å². The van der Waals surface area contributed by atoms with Crippen LogP contribution in [0.25, 0.3) is 0 Å². The van der Waals surface area contributed by atoms with Crippen LogP contribution in [0.15, 0.2) is 24.4 Å². The van der Waals surface area contributed by atoms with E-state index >= 15 is 0 Å². The Bertz CT molecular complexity index is 496. The molecular weight excluding hydrogens is 262 g/mol. The minimum atomic E-state index is -3.08. The molecule has 0 N–H and O–H groups in total. The molecule has 5 nitrogen and oxygen atoms in total. The Labute approximate surface area is 115 Å². The third-order valence-electron chi connectivity index (χ3n) is 3.76. The summed E-state index contributed by atoms with van der Waals surface area (Å²) in [5.41, 5.74) is 0. The first-order valence-electron chi connectivity index (χ1n) is 6.66. The second kappa shape index (κ2) is 5.88. The predicted octanol–water partition coefficient (Wildman–Crippen LogP) is 1.33.